The summed E-state index contributed by atoms with van der Waals surface area (Å²) in [5, 5.41) is 11.0. The van der Waals surface area contributed by atoms with Crippen LogP contribution in [0, 0.1) is 22.9 Å². The fourth-order valence-electron chi connectivity index (χ4n) is 1.74. The van der Waals surface area contributed by atoms with E-state index in [-0.39, 0.29) is 23.1 Å². The highest BCUT2D eigenvalue weighted by molar-refractivity contribution is 6.17. The van der Waals surface area contributed by atoms with Crippen LogP contribution < -0.4 is 4.74 Å². The first kappa shape index (κ1) is 14.3. The molecule has 2 rings (SSSR count). The van der Waals surface area contributed by atoms with Crippen molar-refractivity contribution < 1.29 is 14.1 Å². The number of benzene rings is 2. The molecule has 2 aromatic carbocycles. The van der Waals surface area contributed by atoms with Crippen LogP contribution in [0.1, 0.15) is 11.1 Å². The largest absolute Gasteiger partial charge is 0.447 e. The average Bonchev–Trinajstić information content (AvgIpc) is 2.42. The van der Waals surface area contributed by atoms with Crippen molar-refractivity contribution in [1.29, 1.82) is 0 Å². The summed E-state index contributed by atoms with van der Waals surface area (Å²) in [6.07, 6.45) is 0. The van der Waals surface area contributed by atoms with Crippen molar-refractivity contribution in [2.24, 2.45) is 0 Å². The molecule has 104 valence electrons. The van der Waals surface area contributed by atoms with Gasteiger partial charge in [-0.15, -0.1) is 11.6 Å². The van der Waals surface area contributed by atoms with Gasteiger partial charge in [0.2, 0.25) is 5.75 Å². The number of nitrogens with zero attached hydrogens (tertiary/aromatic N) is 1. The maximum absolute atomic E-state index is 13.8. The van der Waals surface area contributed by atoms with E-state index in [2.05, 4.69) is 0 Å². The molecule has 4 nitrogen and oxygen atoms in total. The van der Waals surface area contributed by atoms with Crippen LogP contribution in [0.3, 0.4) is 0 Å². The van der Waals surface area contributed by atoms with Crippen molar-refractivity contribution >= 4 is 17.3 Å². The maximum atomic E-state index is 13.8. The molecule has 0 radical (unpaired) electrons. The molecule has 0 saturated heterocycles. The number of ether oxygens (including phenoxy) is 1. The summed E-state index contributed by atoms with van der Waals surface area (Å²) in [6, 6.07) is 8.79. The van der Waals surface area contributed by atoms with Gasteiger partial charge in [0.15, 0.2) is 11.6 Å². The summed E-state index contributed by atoms with van der Waals surface area (Å²) in [4.78, 5) is 10.4. The normalized spacial score (nSPS) is 10.3. The second-order valence-corrected chi connectivity index (χ2v) is 4.46. The van der Waals surface area contributed by atoms with Gasteiger partial charge in [-0.05, 0) is 24.6 Å². The Morgan fingerprint density at radius 3 is 2.75 bits per heavy atom. The molecule has 0 amide bonds. The molecule has 0 heterocycles. The standard InChI is InChI=1S/C14H11ClFNO3/c1-9-5-6-13(12(7-9)17(18)19)20-14-10(8-15)3-2-4-11(14)16/h2-7H,8H2,1H3. The van der Waals surface area contributed by atoms with E-state index in [1.165, 1.54) is 24.3 Å². The van der Waals surface area contributed by atoms with Crippen molar-refractivity contribution in [3.63, 3.8) is 0 Å². The van der Waals surface area contributed by atoms with Crippen LogP contribution in [-0.2, 0) is 5.88 Å². The van der Waals surface area contributed by atoms with E-state index in [0.29, 0.717) is 5.56 Å². The molecule has 0 bridgehead atoms. The molecule has 0 aliphatic heterocycles. The molecule has 0 fully saturated rings. The van der Waals surface area contributed by atoms with Gasteiger partial charge in [0.1, 0.15) is 0 Å². The van der Waals surface area contributed by atoms with E-state index in [0.717, 1.165) is 5.56 Å². The first-order valence-electron chi connectivity index (χ1n) is 5.79. The highest BCUT2D eigenvalue weighted by Crippen LogP contribution is 2.35. The molecule has 0 saturated carbocycles. The monoisotopic (exact) mass is 295 g/mol. The summed E-state index contributed by atoms with van der Waals surface area (Å²) in [5.74, 6) is -0.670. The van der Waals surface area contributed by atoms with Crippen molar-refractivity contribution in [2.75, 3.05) is 0 Å². The van der Waals surface area contributed by atoms with E-state index in [4.69, 9.17) is 16.3 Å². The third kappa shape index (κ3) is 2.88. The number of hydrogen-bond acceptors (Lipinski definition) is 3. The summed E-state index contributed by atoms with van der Waals surface area (Å²) < 4.78 is 19.2. The van der Waals surface area contributed by atoms with Crippen LogP contribution in [0.2, 0.25) is 0 Å². The lowest BCUT2D eigenvalue weighted by molar-refractivity contribution is -0.385. The van der Waals surface area contributed by atoms with Gasteiger partial charge in [0, 0.05) is 11.6 Å². The minimum Gasteiger partial charge on any atom is -0.447 e. The summed E-state index contributed by atoms with van der Waals surface area (Å²) >= 11 is 5.72. The number of nitro groups is 1. The highest BCUT2D eigenvalue weighted by atomic mass is 35.5. The topological polar surface area (TPSA) is 52.4 Å². The molecule has 0 N–H and O–H groups in total. The van der Waals surface area contributed by atoms with Crippen molar-refractivity contribution in [1.82, 2.24) is 0 Å². The van der Waals surface area contributed by atoms with Gasteiger partial charge in [-0.25, -0.2) is 4.39 Å². The van der Waals surface area contributed by atoms with Crippen LogP contribution in [0.4, 0.5) is 10.1 Å². The molecule has 0 atom stereocenters. The number of hydrogen-bond donors (Lipinski definition) is 0. The molecule has 0 unspecified atom stereocenters. The highest BCUT2D eigenvalue weighted by Gasteiger charge is 2.19. The quantitative estimate of drug-likeness (QED) is 0.471. The first-order chi connectivity index (χ1) is 9.52. The second kappa shape index (κ2) is 5.88. The Bertz CT molecular complexity index is 661. The number of halogens is 2. The maximum Gasteiger partial charge on any atom is 0.311 e. The lowest BCUT2D eigenvalue weighted by Gasteiger charge is -2.11. The van der Waals surface area contributed by atoms with Gasteiger partial charge in [0.05, 0.1) is 10.8 Å². The van der Waals surface area contributed by atoms with E-state index >= 15 is 0 Å². The van der Waals surface area contributed by atoms with Gasteiger partial charge in [-0.1, -0.05) is 18.2 Å². The zero-order chi connectivity index (χ0) is 14.7. The minimum absolute atomic E-state index is 0.0166. The number of para-hydroxylation sites is 1. The smallest absolute Gasteiger partial charge is 0.311 e. The first-order valence-corrected chi connectivity index (χ1v) is 6.32. The molecule has 0 aliphatic rings. The van der Waals surface area contributed by atoms with E-state index in [1.54, 1.807) is 19.1 Å². The SMILES string of the molecule is Cc1ccc(Oc2c(F)cccc2CCl)c([N+](=O)[O-])c1. The molecule has 0 aromatic heterocycles. The molecule has 20 heavy (non-hydrogen) atoms. The average molecular weight is 296 g/mol. The van der Waals surface area contributed by atoms with Crippen LogP contribution in [-0.4, -0.2) is 4.92 Å². The number of nitro benzene ring substituents is 1. The van der Waals surface area contributed by atoms with Crippen LogP contribution in [0.5, 0.6) is 11.5 Å². The molecule has 0 aliphatic carbocycles. The predicted octanol–water partition coefficient (Wildman–Crippen LogP) is 4.57. The number of aryl methyl sites for hydroxylation is 1. The van der Waals surface area contributed by atoms with Crippen molar-refractivity contribution in [2.45, 2.75) is 12.8 Å². The third-order valence-electron chi connectivity index (χ3n) is 2.72. The molecule has 0 spiro atoms. The van der Waals surface area contributed by atoms with Crippen LogP contribution in [0.15, 0.2) is 36.4 Å². The van der Waals surface area contributed by atoms with Crippen LogP contribution in [0.25, 0.3) is 0 Å². The lowest BCUT2D eigenvalue weighted by Crippen LogP contribution is -1.97. The molecular formula is C14H11ClFNO3. The minimum atomic E-state index is -0.613. The van der Waals surface area contributed by atoms with Crippen molar-refractivity contribution in [3.8, 4) is 11.5 Å². The van der Waals surface area contributed by atoms with E-state index < -0.39 is 10.7 Å². The Morgan fingerprint density at radius 2 is 2.10 bits per heavy atom. The van der Waals surface area contributed by atoms with Crippen molar-refractivity contribution in [3.05, 3.63) is 63.5 Å². The fourth-order valence-corrected chi connectivity index (χ4v) is 1.95. The Labute approximate surface area is 119 Å². The predicted molar refractivity (Wildman–Crippen MR) is 73.9 cm³/mol. The molecule has 2 aromatic rings. The third-order valence-corrected chi connectivity index (χ3v) is 3.00. The number of alkyl halides is 1. The van der Waals surface area contributed by atoms with Gasteiger partial charge < -0.3 is 4.74 Å². The summed E-state index contributed by atoms with van der Waals surface area (Å²) in [7, 11) is 0. The fraction of sp³-hybridized carbons (Fsp3) is 0.143. The summed E-state index contributed by atoms with van der Waals surface area (Å²) in [6.45, 7) is 1.73. The van der Waals surface area contributed by atoms with Gasteiger partial charge in [-0.2, -0.15) is 0 Å². The van der Waals surface area contributed by atoms with E-state index in [1.807, 2.05) is 0 Å². The van der Waals surface area contributed by atoms with Crippen LogP contribution >= 0.6 is 11.6 Å². The van der Waals surface area contributed by atoms with E-state index in [9.17, 15) is 14.5 Å². The Morgan fingerprint density at radius 1 is 1.35 bits per heavy atom. The lowest BCUT2D eigenvalue weighted by atomic mass is 10.2. The Kier molecular flexibility index (Phi) is 4.20. The summed E-state index contributed by atoms with van der Waals surface area (Å²) in [5.41, 5.74) is 0.936. The Hall–Kier alpha value is -2.14. The molecule has 6 heteroatoms. The van der Waals surface area contributed by atoms with Gasteiger partial charge in [0.25, 0.3) is 0 Å². The van der Waals surface area contributed by atoms with Gasteiger partial charge >= 0.3 is 5.69 Å². The number of rotatable bonds is 4. The zero-order valence-electron chi connectivity index (χ0n) is 10.6. The Balaban J connectivity index is 2.48. The molecular weight excluding hydrogens is 285 g/mol. The van der Waals surface area contributed by atoms with Gasteiger partial charge in [-0.3, -0.25) is 10.1 Å². The zero-order valence-corrected chi connectivity index (χ0v) is 11.4. The second-order valence-electron chi connectivity index (χ2n) is 4.19.